The summed E-state index contributed by atoms with van der Waals surface area (Å²) in [5, 5.41) is 18.7. The summed E-state index contributed by atoms with van der Waals surface area (Å²) < 4.78 is 0. The minimum atomic E-state index is -0.967. The van der Waals surface area contributed by atoms with E-state index in [1.54, 1.807) is 33.0 Å². The third-order valence-electron chi connectivity index (χ3n) is 2.07. The lowest BCUT2D eigenvalue weighted by molar-refractivity contribution is -0.138. The highest BCUT2D eigenvalue weighted by molar-refractivity contribution is 5.93. The van der Waals surface area contributed by atoms with Crippen molar-refractivity contribution < 1.29 is 14.7 Å². The van der Waals surface area contributed by atoms with Crippen LogP contribution in [0.25, 0.3) is 0 Å². The second-order valence-electron chi connectivity index (χ2n) is 4.53. The summed E-state index contributed by atoms with van der Waals surface area (Å²) in [4.78, 5) is 22.4. The molecule has 0 aliphatic rings. The van der Waals surface area contributed by atoms with Gasteiger partial charge in [0.2, 0.25) is 0 Å². The Balaban J connectivity index is 2.75. The van der Waals surface area contributed by atoms with Crippen molar-refractivity contribution in [3.63, 3.8) is 0 Å². The molecule has 0 radical (unpaired) electrons. The van der Waals surface area contributed by atoms with Crippen molar-refractivity contribution in [2.45, 2.75) is 32.7 Å². The van der Waals surface area contributed by atoms with Gasteiger partial charge in [-0.25, -0.2) is 0 Å². The third-order valence-corrected chi connectivity index (χ3v) is 2.07. The van der Waals surface area contributed by atoms with Gasteiger partial charge in [-0.15, -0.1) is 5.10 Å². The molecule has 0 atom stereocenters. The first-order valence-electron chi connectivity index (χ1n) is 5.14. The first-order valence-corrected chi connectivity index (χ1v) is 5.14. The second-order valence-corrected chi connectivity index (χ2v) is 4.53. The Morgan fingerprint density at radius 1 is 1.47 bits per heavy atom. The van der Waals surface area contributed by atoms with Crippen molar-refractivity contribution in [3.8, 4) is 0 Å². The summed E-state index contributed by atoms with van der Waals surface area (Å²) in [6.45, 7) is 5.08. The van der Waals surface area contributed by atoms with Crippen molar-refractivity contribution >= 4 is 11.9 Å². The van der Waals surface area contributed by atoms with Crippen LogP contribution in [-0.2, 0) is 4.79 Å². The maximum absolute atomic E-state index is 11.8. The highest BCUT2D eigenvalue weighted by Crippen LogP contribution is 2.09. The number of aliphatic carboxylic acids is 1. The maximum Gasteiger partial charge on any atom is 0.305 e. The lowest BCUT2D eigenvalue weighted by Crippen LogP contribution is -2.45. The van der Waals surface area contributed by atoms with Crippen LogP contribution >= 0.6 is 0 Å². The molecule has 0 aliphatic heterocycles. The van der Waals surface area contributed by atoms with Crippen LogP contribution < -0.4 is 5.32 Å². The van der Waals surface area contributed by atoms with Crippen molar-refractivity contribution in [3.05, 3.63) is 23.5 Å². The molecule has 0 fully saturated rings. The van der Waals surface area contributed by atoms with Crippen LogP contribution in [0.15, 0.2) is 12.3 Å². The number of hydrogen-bond donors (Lipinski definition) is 2. The average Bonchev–Trinajstić information content (AvgIpc) is 2.14. The molecular weight excluding hydrogens is 222 g/mol. The average molecular weight is 237 g/mol. The van der Waals surface area contributed by atoms with Crippen LogP contribution in [0.3, 0.4) is 0 Å². The van der Waals surface area contributed by atoms with E-state index in [0.717, 1.165) is 5.56 Å². The second kappa shape index (κ2) is 4.90. The van der Waals surface area contributed by atoms with Crippen molar-refractivity contribution in [2.24, 2.45) is 0 Å². The molecule has 0 unspecified atom stereocenters. The van der Waals surface area contributed by atoms with Gasteiger partial charge >= 0.3 is 5.97 Å². The smallest absolute Gasteiger partial charge is 0.305 e. The number of carbonyl (C=O) groups excluding carboxylic acids is 1. The largest absolute Gasteiger partial charge is 0.481 e. The lowest BCUT2D eigenvalue weighted by atomic mass is 10.0. The van der Waals surface area contributed by atoms with Crippen LogP contribution in [0.2, 0.25) is 0 Å². The number of aryl methyl sites for hydroxylation is 1. The Morgan fingerprint density at radius 3 is 2.65 bits per heavy atom. The number of amides is 1. The molecule has 1 amide bonds. The van der Waals surface area contributed by atoms with Gasteiger partial charge in [0.1, 0.15) is 0 Å². The van der Waals surface area contributed by atoms with Crippen LogP contribution in [-0.4, -0.2) is 32.7 Å². The van der Waals surface area contributed by atoms with Crippen LogP contribution in [0.5, 0.6) is 0 Å². The van der Waals surface area contributed by atoms with Crippen molar-refractivity contribution in [1.29, 1.82) is 0 Å². The Labute approximate surface area is 99.1 Å². The van der Waals surface area contributed by atoms with E-state index >= 15 is 0 Å². The fourth-order valence-corrected chi connectivity index (χ4v) is 1.37. The highest BCUT2D eigenvalue weighted by Gasteiger charge is 2.25. The van der Waals surface area contributed by atoms with Gasteiger partial charge < -0.3 is 10.4 Å². The van der Waals surface area contributed by atoms with Gasteiger partial charge in [0.05, 0.1) is 12.6 Å². The molecule has 0 saturated heterocycles. The van der Waals surface area contributed by atoms with Gasteiger partial charge in [0.25, 0.3) is 5.91 Å². The molecule has 92 valence electrons. The van der Waals surface area contributed by atoms with Crippen LogP contribution in [0, 0.1) is 6.92 Å². The quantitative estimate of drug-likeness (QED) is 0.806. The van der Waals surface area contributed by atoms with Crippen molar-refractivity contribution in [2.75, 3.05) is 0 Å². The summed E-state index contributed by atoms with van der Waals surface area (Å²) in [6, 6.07) is 1.60. The molecule has 0 aromatic carbocycles. The third kappa shape index (κ3) is 4.18. The molecule has 6 nitrogen and oxygen atoms in total. The summed E-state index contributed by atoms with van der Waals surface area (Å²) in [5.74, 6) is -1.39. The van der Waals surface area contributed by atoms with E-state index in [-0.39, 0.29) is 12.1 Å². The number of aromatic nitrogens is 2. The van der Waals surface area contributed by atoms with Crippen molar-refractivity contribution in [1.82, 2.24) is 15.5 Å². The Morgan fingerprint density at radius 2 is 2.12 bits per heavy atom. The van der Waals surface area contributed by atoms with Gasteiger partial charge in [-0.3, -0.25) is 9.59 Å². The molecule has 1 aromatic rings. The Kier molecular flexibility index (Phi) is 3.77. The molecule has 17 heavy (non-hydrogen) atoms. The molecule has 0 aliphatic carbocycles. The molecule has 0 saturated carbocycles. The molecule has 0 spiro atoms. The topological polar surface area (TPSA) is 92.2 Å². The van der Waals surface area contributed by atoms with E-state index in [4.69, 9.17) is 5.11 Å². The minimum Gasteiger partial charge on any atom is -0.481 e. The predicted molar refractivity (Wildman–Crippen MR) is 60.6 cm³/mol. The normalized spacial score (nSPS) is 11.0. The standard InChI is InChI=1S/C11H15N3O3/c1-7-4-8(14-12-6-7)10(17)13-11(2,3)5-9(15)16/h4,6H,5H2,1-3H3,(H,13,17)(H,15,16). The van der Waals surface area contributed by atoms with E-state index < -0.39 is 17.4 Å². The van der Waals surface area contributed by atoms with E-state index in [1.807, 2.05) is 0 Å². The zero-order chi connectivity index (χ0) is 13.1. The van der Waals surface area contributed by atoms with Gasteiger partial charge in [-0.2, -0.15) is 5.10 Å². The van der Waals surface area contributed by atoms with Crippen LogP contribution in [0.1, 0.15) is 36.3 Å². The number of carbonyl (C=O) groups is 2. The number of carboxylic acid groups (broad SMARTS) is 1. The monoisotopic (exact) mass is 237 g/mol. The number of nitrogens with one attached hydrogen (secondary N) is 1. The summed E-state index contributed by atoms with van der Waals surface area (Å²) in [5.41, 5.74) is 0.179. The molecule has 1 rings (SSSR count). The number of hydrogen-bond acceptors (Lipinski definition) is 4. The van der Waals surface area contributed by atoms with Gasteiger partial charge in [0, 0.05) is 5.54 Å². The summed E-state index contributed by atoms with van der Waals surface area (Å²) in [6.07, 6.45) is 1.39. The number of rotatable bonds is 4. The van der Waals surface area contributed by atoms with Gasteiger partial charge in [0.15, 0.2) is 5.69 Å². The van der Waals surface area contributed by atoms with Gasteiger partial charge in [-0.1, -0.05) is 0 Å². The SMILES string of the molecule is Cc1cnnc(C(=O)NC(C)(C)CC(=O)O)c1. The number of carboxylic acids is 1. The zero-order valence-corrected chi connectivity index (χ0v) is 10.0. The van der Waals surface area contributed by atoms with Crippen LogP contribution in [0.4, 0.5) is 0 Å². The fourth-order valence-electron chi connectivity index (χ4n) is 1.37. The van der Waals surface area contributed by atoms with E-state index in [0.29, 0.717) is 0 Å². The van der Waals surface area contributed by atoms with E-state index in [9.17, 15) is 9.59 Å². The lowest BCUT2D eigenvalue weighted by Gasteiger charge is -2.23. The fraction of sp³-hybridized carbons (Fsp3) is 0.455. The number of nitrogens with zero attached hydrogens (tertiary/aromatic N) is 2. The Hall–Kier alpha value is -1.98. The molecule has 0 bridgehead atoms. The summed E-state index contributed by atoms with van der Waals surface area (Å²) >= 11 is 0. The van der Waals surface area contributed by atoms with Gasteiger partial charge in [-0.05, 0) is 32.4 Å². The maximum atomic E-state index is 11.8. The summed E-state index contributed by atoms with van der Waals surface area (Å²) in [7, 11) is 0. The minimum absolute atomic E-state index is 0.155. The Bertz CT molecular complexity index is 443. The molecule has 1 aromatic heterocycles. The first kappa shape index (κ1) is 13.1. The zero-order valence-electron chi connectivity index (χ0n) is 10.0. The molecule has 6 heteroatoms. The molecule has 2 N–H and O–H groups in total. The molecular formula is C11H15N3O3. The predicted octanol–water partition coefficient (Wildman–Crippen LogP) is 0.768. The molecule has 1 heterocycles. The highest BCUT2D eigenvalue weighted by atomic mass is 16.4. The van der Waals surface area contributed by atoms with E-state index in [1.165, 1.54) is 0 Å². The first-order chi connectivity index (χ1) is 7.80. The van der Waals surface area contributed by atoms with E-state index in [2.05, 4.69) is 15.5 Å².